The van der Waals surface area contributed by atoms with E-state index in [1.54, 1.807) is 27.3 Å². The highest BCUT2D eigenvalue weighted by Gasteiger charge is 2.28. The highest BCUT2D eigenvalue weighted by atomic mass is 32.2. The van der Waals surface area contributed by atoms with E-state index in [0.29, 0.717) is 51.9 Å². The summed E-state index contributed by atoms with van der Waals surface area (Å²) in [6.45, 7) is 0.971. The molecule has 0 bridgehead atoms. The van der Waals surface area contributed by atoms with Gasteiger partial charge in [-0.3, -0.25) is 9.69 Å². The summed E-state index contributed by atoms with van der Waals surface area (Å²) in [5.41, 5.74) is 0.840. The van der Waals surface area contributed by atoms with Gasteiger partial charge < -0.3 is 18.9 Å². The average molecular weight is 446 g/mol. The lowest BCUT2D eigenvalue weighted by Crippen LogP contribution is -2.22. The van der Waals surface area contributed by atoms with Crippen LogP contribution in [0.4, 0.5) is 0 Å². The second-order valence-corrected chi connectivity index (χ2v) is 8.03. The first-order valence-corrected chi connectivity index (χ1v) is 10.5. The Bertz CT molecular complexity index is 960. The predicted molar refractivity (Wildman–Crippen MR) is 123 cm³/mol. The first-order valence-electron chi connectivity index (χ1n) is 9.31. The molecule has 0 aliphatic carbocycles. The quantitative estimate of drug-likeness (QED) is 0.322. The van der Waals surface area contributed by atoms with Gasteiger partial charge in [0, 0.05) is 13.5 Å². The van der Waals surface area contributed by atoms with Crippen LogP contribution in [0.25, 0.3) is 6.08 Å². The number of carbonyl (C=O) groups is 1. The zero-order valence-electron chi connectivity index (χ0n) is 17.0. The maximum absolute atomic E-state index is 12.2. The molecule has 2 aromatic rings. The fraction of sp³-hybridized carbons (Fsp3) is 0.273. The molecule has 1 saturated heterocycles. The van der Waals surface area contributed by atoms with Crippen molar-refractivity contribution >= 4 is 40.3 Å². The van der Waals surface area contributed by atoms with Crippen molar-refractivity contribution in [2.75, 3.05) is 34.5 Å². The van der Waals surface area contributed by atoms with Crippen molar-refractivity contribution in [2.24, 2.45) is 0 Å². The van der Waals surface area contributed by atoms with Crippen molar-refractivity contribution in [1.82, 2.24) is 4.90 Å². The van der Waals surface area contributed by atoms with Crippen molar-refractivity contribution in [1.29, 1.82) is 0 Å². The van der Waals surface area contributed by atoms with Crippen LogP contribution < -0.4 is 18.9 Å². The maximum atomic E-state index is 12.2. The molecule has 0 saturated carbocycles. The Morgan fingerprint density at radius 3 is 2.20 bits per heavy atom. The van der Waals surface area contributed by atoms with E-state index >= 15 is 0 Å². The summed E-state index contributed by atoms with van der Waals surface area (Å²) >= 11 is 6.45. The Kier molecular flexibility index (Phi) is 7.59. The highest BCUT2D eigenvalue weighted by molar-refractivity contribution is 8.26. The van der Waals surface area contributed by atoms with Crippen molar-refractivity contribution < 1.29 is 23.7 Å². The SMILES string of the molecule is COc1ccccc1OCCCOc1ccc(/C=C2\SC(=S)N(C)C2=O)cc1OC. The monoisotopic (exact) mass is 445 g/mol. The fourth-order valence-electron chi connectivity index (χ4n) is 2.75. The number of hydrogen-bond acceptors (Lipinski definition) is 7. The molecule has 1 aliphatic heterocycles. The van der Waals surface area contributed by atoms with Crippen LogP contribution in [0.5, 0.6) is 23.0 Å². The Balaban J connectivity index is 1.55. The number of thiocarbonyl (C=S) groups is 1. The second-order valence-electron chi connectivity index (χ2n) is 6.35. The fourth-order valence-corrected chi connectivity index (χ4v) is 3.93. The molecule has 0 N–H and O–H groups in total. The molecule has 8 heteroatoms. The van der Waals surface area contributed by atoms with Gasteiger partial charge in [-0.15, -0.1) is 0 Å². The number of amides is 1. The van der Waals surface area contributed by atoms with Crippen LogP contribution in [0.15, 0.2) is 47.4 Å². The van der Waals surface area contributed by atoms with E-state index in [-0.39, 0.29) is 5.91 Å². The van der Waals surface area contributed by atoms with Gasteiger partial charge in [0.2, 0.25) is 0 Å². The van der Waals surface area contributed by atoms with Gasteiger partial charge in [-0.05, 0) is 35.9 Å². The van der Waals surface area contributed by atoms with Gasteiger partial charge in [0.15, 0.2) is 23.0 Å². The number of hydrogen-bond donors (Lipinski definition) is 0. The number of para-hydroxylation sites is 2. The normalized spacial score (nSPS) is 14.9. The van der Waals surface area contributed by atoms with Crippen LogP contribution in [-0.2, 0) is 4.79 Å². The van der Waals surface area contributed by atoms with Gasteiger partial charge in [-0.2, -0.15) is 0 Å². The largest absolute Gasteiger partial charge is 0.493 e. The zero-order chi connectivity index (χ0) is 21.5. The molecule has 6 nitrogen and oxygen atoms in total. The number of benzene rings is 2. The lowest BCUT2D eigenvalue weighted by Gasteiger charge is -2.13. The first-order chi connectivity index (χ1) is 14.5. The van der Waals surface area contributed by atoms with Gasteiger partial charge in [0.25, 0.3) is 5.91 Å². The van der Waals surface area contributed by atoms with E-state index in [4.69, 9.17) is 31.2 Å². The number of carbonyl (C=O) groups excluding carboxylic acids is 1. The van der Waals surface area contributed by atoms with Crippen molar-refractivity contribution in [2.45, 2.75) is 6.42 Å². The average Bonchev–Trinajstić information content (AvgIpc) is 3.00. The Morgan fingerprint density at radius 1 is 0.967 bits per heavy atom. The molecule has 1 fully saturated rings. The highest BCUT2D eigenvalue weighted by Crippen LogP contribution is 2.34. The molecule has 1 heterocycles. The van der Waals surface area contributed by atoms with E-state index in [1.165, 1.54) is 16.7 Å². The van der Waals surface area contributed by atoms with E-state index in [2.05, 4.69) is 0 Å². The predicted octanol–water partition coefficient (Wildman–Crippen LogP) is 4.38. The molecule has 1 amide bonds. The summed E-state index contributed by atoms with van der Waals surface area (Å²) in [5, 5.41) is 0. The minimum absolute atomic E-state index is 0.0978. The standard InChI is InChI=1S/C22H23NO5S2/c1-23-21(24)20(30-22(23)29)14-15-9-10-18(19(13-15)26-3)28-12-6-11-27-17-8-5-4-7-16(17)25-2/h4-5,7-10,13-14H,6,11-12H2,1-3H3/b20-14-. The third-order valence-corrected chi connectivity index (χ3v) is 5.83. The summed E-state index contributed by atoms with van der Waals surface area (Å²) in [6.07, 6.45) is 2.50. The molecule has 0 aromatic heterocycles. The third kappa shape index (κ3) is 5.25. The molecule has 0 spiro atoms. The molecule has 0 unspecified atom stereocenters. The summed E-state index contributed by atoms with van der Waals surface area (Å²) in [7, 11) is 4.88. The van der Waals surface area contributed by atoms with Crippen molar-refractivity contribution in [3.63, 3.8) is 0 Å². The van der Waals surface area contributed by atoms with Gasteiger partial charge in [0.05, 0.1) is 32.3 Å². The van der Waals surface area contributed by atoms with Gasteiger partial charge in [-0.1, -0.05) is 42.2 Å². The summed E-state index contributed by atoms with van der Waals surface area (Å²) < 4.78 is 22.9. The van der Waals surface area contributed by atoms with Crippen LogP contribution in [-0.4, -0.2) is 49.6 Å². The number of thioether (sulfide) groups is 1. The molecule has 30 heavy (non-hydrogen) atoms. The maximum Gasteiger partial charge on any atom is 0.265 e. The molecular formula is C22H23NO5S2. The minimum atomic E-state index is -0.0978. The minimum Gasteiger partial charge on any atom is -0.493 e. The van der Waals surface area contributed by atoms with Crippen molar-refractivity contribution in [3.8, 4) is 23.0 Å². The topological polar surface area (TPSA) is 57.2 Å². The number of rotatable bonds is 9. The summed E-state index contributed by atoms with van der Waals surface area (Å²) in [4.78, 5) is 14.2. The molecule has 2 aromatic carbocycles. The summed E-state index contributed by atoms with van der Waals surface area (Å²) in [6, 6.07) is 13.1. The molecule has 1 aliphatic rings. The van der Waals surface area contributed by atoms with E-state index in [1.807, 2.05) is 42.5 Å². The molecule has 0 radical (unpaired) electrons. The van der Waals surface area contributed by atoms with E-state index in [9.17, 15) is 4.79 Å². The van der Waals surface area contributed by atoms with Crippen molar-refractivity contribution in [3.05, 3.63) is 52.9 Å². The van der Waals surface area contributed by atoms with Crippen LogP contribution in [0.3, 0.4) is 0 Å². The molecule has 3 rings (SSSR count). The van der Waals surface area contributed by atoms with Crippen LogP contribution >= 0.6 is 24.0 Å². The Labute approximate surface area is 185 Å². The van der Waals surface area contributed by atoms with Crippen LogP contribution in [0, 0.1) is 0 Å². The smallest absolute Gasteiger partial charge is 0.265 e. The van der Waals surface area contributed by atoms with Gasteiger partial charge in [0.1, 0.15) is 4.32 Å². The lowest BCUT2D eigenvalue weighted by molar-refractivity contribution is -0.121. The zero-order valence-corrected chi connectivity index (χ0v) is 18.7. The number of methoxy groups -OCH3 is 2. The Hall–Kier alpha value is -2.71. The molecule has 0 atom stereocenters. The number of likely N-dealkylation sites (N-methyl/N-ethyl adjacent to an activating group) is 1. The molecule has 158 valence electrons. The third-order valence-electron chi connectivity index (χ3n) is 4.34. The van der Waals surface area contributed by atoms with E-state index in [0.717, 1.165) is 5.56 Å². The van der Waals surface area contributed by atoms with E-state index < -0.39 is 0 Å². The van der Waals surface area contributed by atoms with Crippen LogP contribution in [0.2, 0.25) is 0 Å². The van der Waals surface area contributed by atoms with Gasteiger partial charge in [-0.25, -0.2) is 0 Å². The number of nitrogens with zero attached hydrogens (tertiary/aromatic N) is 1. The lowest BCUT2D eigenvalue weighted by atomic mass is 10.2. The first kappa shape index (κ1) is 22.0. The molecular weight excluding hydrogens is 422 g/mol. The number of ether oxygens (including phenoxy) is 4. The summed E-state index contributed by atoms with van der Waals surface area (Å²) in [5.74, 6) is 2.55. The van der Waals surface area contributed by atoms with Gasteiger partial charge >= 0.3 is 0 Å². The van der Waals surface area contributed by atoms with Crippen LogP contribution in [0.1, 0.15) is 12.0 Å². The Morgan fingerprint density at radius 2 is 1.60 bits per heavy atom. The second kappa shape index (κ2) is 10.4.